The number of hydrogen-bond acceptors (Lipinski definition) is 0. The van der Waals surface area contributed by atoms with E-state index in [0.717, 1.165) is 22.0 Å². The summed E-state index contributed by atoms with van der Waals surface area (Å²) in [6.07, 6.45) is 1.11. The minimum atomic E-state index is 0.143. The summed E-state index contributed by atoms with van der Waals surface area (Å²) in [5, 5.41) is 1.54. The Bertz CT molecular complexity index is 362. The smallest absolute Gasteiger partial charge is 0.0444 e. The van der Waals surface area contributed by atoms with E-state index in [1.54, 1.807) is 0 Å². The fraction of sp³-hybridized carbons (Fsp3) is 0.455. The highest BCUT2D eigenvalue weighted by Gasteiger charge is 2.51. The monoisotopic (exact) mass is 248 g/mol. The molecule has 0 saturated heterocycles. The Morgan fingerprint density at radius 3 is 2.71 bits per heavy atom. The van der Waals surface area contributed by atoms with E-state index in [-0.39, 0.29) is 5.41 Å². The van der Waals surface area contributed by atoms with E-state index >= 15 is 0 Å². The van der Waals surface area contributed by atoms with Crippen molar-refractivity contribution in [2.45, 2.75) is 18.8 Å². The van der Waals surface area contributed by atoms with Crippen LogP contribution in [0.25, 0.3) is 0 Å². The highest BCUT2D eigenvalue weighted by Crippen LogP contribution is 2.56. The van der Waals surface area contributed by atoms with E-state index in [4.69, 9.17) is 34.8 Å². The molecule has 14 heavy (non-hydrogen) atoms. The third-order valence-corrected chi connectivity index (χ3v) is 4.08. The SMILES string of the molecule is CC1(c2cc(Cl)ccc2Cl)CC1CCl. The van der Waals surface area contributed by atoms with Gasteiger partial charge in [0.2, 0.25) is 0 Å². The fourth-order valence-electron chi connectivity index (χ4n) is 1.94. The van der Waals surface area contributed by atoms with Crippen LogP contribution in [0.4, 0.5) is 0 Å². The zero-order chi connectivity index (χ0) is 10.3. The van der Waals surface area contributed by atoms with E-state index in [1.807, 2.05) is 18.2 Å². The van der Waals surface area contributed by atoms with Gasteiger partial charge in [-0.1, -0.05) is 30.1 Å². The van der Waals surface area contributed by atoms with Gasteiger partial charge in [0.05, 0.1) is 0 Å². The van der Waals surface area contributed by atoms with E-state index < -0.39 is 0 Å². The van der Waals surface area contributed by atoms with Gasteiger partial charge in [-0.05, 0) is 41.5 Å². The molecule has 0 radical (unpaired) electrons. The highest BCUT2D eigenvalue weighted by molar-refractivity contribution is 6.33. The molecular weight excluding hydrogens is 238 g/mol. The molecule has 0 heterocycles. The Morgan fingerprint density at radius 1 is 1.43 bits per heavy atom. The fourth-order valence-corrected chi connectivity index (χ4v) is 2.90. The predicted molar refractivity (Wildman–Crippen MR) is 62.6 cm³/mol. The molecule has 1 saturated carbocycles. The average molecular weight is 250 g/mol. The maximum absolute atomic E-state index is 6.14. The molecule has 2 atom stereocenters. The van der Waals surface area contributed by atoms with E-state index in [0.29, 0.717) is 11.8 Å². The molecule has 1 fully saturated rings. The Morgan fingerprint density at radius 2 is 2.14 bits per heavy atom. The standard InChI is InChI=1S/C11H11Cl3/c1-11(5-7(11)6-12)9-4-8(13)2-3-10(9)14/h2-4,7H,5-6H2,1H3. The van der Waals surface area contributed by atoms with Crippen LogP contribution < -0.4 is 0 Å². The van der Waals surface area contributed by atoms with Crippen molar-refractivity contribution in [1.29, 1.82) is 0 Å². The van der Waals surface area contributed by atoms with Gasteiger partial charge in [0.15, 0.2) is 0 Å². The Labute approximate surface area is 99.2 Å². The Kier molecular flexibility index (Phi) is 2.72. The van der Waals surface area contributed by atoms with Crippen molar-refractivity contribution in [2.75, 3.05) is 5.88 Å². The van der Waals surface area contributed by atoms with Gasteiger partial charge in [-0.15, -0.1) is 11.6 Å². The van der Waals surface area contributed by atoms with Crippen molar-refractivity contribution in [1.82, 2.24) is 0 Å². The lowest BCUT2D eigenvalue weighted by molar-refractivity contribution is 0.706. The van der Waals surface area contributed by atoms with Crippen molar-refractivity contribution in [3.05, 3.63) is 33.8 Å². The van der Waals surface area contributed by atoms with Crippen LogP contribution in [0.15, 0.2) is 18.2 Å². The number of alkyl halides is 1. The minimum Gasteiger partial charge on any atom is -0.126 e. The molecule has 0 N–H and O–H groups in total. The normalized spacial score (nSPS) is 30.4. The van der Waals surface area contributed by atoms with Crippen LogP contribution in [0, 0.1) is 5.92 Å². The lowest BCUT2D eigenvalue weighted by Gasteiger charge is -2.13. The second-order valence-electron chi connectivity index (χ2n) is 4.10. The summed E-state index contributed by atoms with van der Waals surface area (Å²) in [4.78, 5) is 0. The molecule has 1 aromatic carbocycles. The van der Waals surface area contributed by atoms with Gasteiger partial charge in [-0.25, -0.2) is 0 Å². The molecule has 76 valence electrons. The molecule has 0 nitrogen and oxygen atoms in total. The van der Waals surface area contributed by atoms with Crippen molar-refractivity contribution < 1.29 is 0 Å². The second-order valence-corrected chi connectivity index (χ2v) is 5.25. The van der Waals surface area contributed by atoms with Gasteiger partial charge >= 0.3 is 0 Å². The molecule has 0 aromatic heterocycles. The van der Waals surface area contributed by atoms with Gasteiger partial charge in [-0.2, -0.15) is 0 Å². The maximum Gasteiger partial charge on any atom is 0.0444 e. The molecule has 0 bridgehead atoms. The summed E-state index contributed by atoms with van der Waals surface area (Å²) in [5.41, 5.74) is 1.28. The van der Waals surface area contributed by atoms with Crippen LogP contribution in [0.3, 0.4) is 0 Å². The van der Waals surface area contributed by atoms with Crippen LogP contribution in [0.2, 0.25) is 10.0 Å². The molecule has 3 heteroatoms. The lowest BCUT2D eigenvalue weighted by Crippen LogP contribution is -2.06. The third kappa shape index (κ3) is 1.64. The molecule has 0 aliphatic heterocycles. The third-order valence-electron chi connectivity index (χ3n) is 3.14. The molecule has 0 amide bonds. The Balaban J connectivity index is 2.38. The lowest BCUT2D eigenvalue weighted by atomic mass is 9.96. The molecule has 1 aliphatic carbocycles. The summed E-state index contributed by atoms with van der Waals surface area (Å²) >= 11 is 17.9. The quantitative estimate of drug-likeness (QED) is 0.677. The topological polar surface area (TPSA) is 0 Å². The zero-order valence-corrected chi connectivity index (χ0v) is 10.1. The summed E-state index contributed by atoms with van der Waals surface area (Å²) in [6, 6.07) is 5.62. The van der Waals surface area contributed by atoms with E-state index in [1.165, 1.54) is 0 Å². The Hall–Kier alpha value is 0.0900. The molecule has 1 aromatic rings. The van der Waals surface area contributed by atoms with Gasteiger partial charge in [0, 0.05) is 15.9 Å². The minimum absolute atomic E-state index is 0.143. The van der Waals surface area contributed by atoms with Crippen molar-refractivity contribution in [2.24, 2.45) is 5.92 Å². The largest absolute Gasteiger partial charge is 0.126 e. The van der Waals surface area contributed by atoms with Crippen LogP contribution in [0.5, 0.6) is 0 Å². The highest BCUT2D eigenvalue weighted by atomic mass is 35.5. The maximum atomic E-state index is 6.14. The molecule has 2 unspecified atom stereocenters. The summed E-state index contributed by atoms with van der Waals surface area (Å²) < 4.78 is 0. The van der Waals surface area contributed by atoms with Gasteiger partial charge < -0.3 is 0 Å². The molecule has 2 rings (SSSR count). The first-order chi connectivity index (χ1) is 6.58. The summed E-state index contributed by atoms with van der Waals surface area (Å²) in [6.45, 7) is 2.19. The van der Waals surface area contributed by atoms with Gasteiger partial charge in [0.1, 0.15) is 0 Å². The molecular formula is C11H11Cl3. The van der Waals surface area contributed by atoms with E-state index in [2.05, 4.69) is 6.92 Å². The van der Waals surface area contributed by atoms with Crippen molar-refractivity contribution in [3.63, 3.8) is 0 Å². The first-order valence-corrected chi connectivity index (χ1v) is 5.88. The van der Waals surface area contributed by atoms with Crippen molar-refractivity contribution >= 4 is 34.8 Å². The van der Waals surface area contributed by atoms with Crippen LogP contribution >= 0.6 is 34.8 Å². The predicted octanol–water partition coefficient (Wildman–Crippen LogP) is 4.51. The zero-order valence-electron chi connectivity index (χ0n) is 7.86. The summed E-state index contributed by atoms with van der Waals surface area (Å²) in [5.74, 6) is 1.24. The first-order valence-electron chi connectivity index (χ1n) is 4.59. The number of benzene rings is 1. The van der Waals surface area contributed by atoms with Crippen LogP contribution in [0.1, 0.15) is 18.9 Å². The second kappa shape index (κ2) is 3.59. The van der Waals surface area contributed by atoms with Gasteiger partial charge in [-0.3, -0.25) is 0 Å². The van der Waals surface area contributed by atoms with Crippen LogP contribution in [-0.2, 0) is 5.41 Å². The van der Waals surface area contributed by atoms with Crippen LogP contribution in [-0.4, -0.2) is 5.88 Å². The number of hydrogen-bond donors (Lipinski definition) is 0. The number of rotatable bonds is 2. The number of halogens is 3. The van der Waals surface area contributed by atoms with Gasteiger partial charge in [0.25, 0.3) is 0 Å². The molecule has 0 spiro atoms. The average Bonchev–Trinajstić information content (AvgIpc) is 2.83. The van der Waals surface area contributed by atoms with E-state index in [9.17, 15) is 0 Å². The first kappa shape index (κ1) is 10.6. The molecule has 1 aliphatic rings. The summed E-state index contributed by atoms with van der Waals surface area (Å²) in [7, 11) is 0. The van der Waals surface area contributed by atoms with Crippen molar-refractivity contribution in [3.8, 4) is 0 Å².